The summed E-state index contributed by atoms with van der Waals surface area (Å²) in [5.74, 6) is 0.348. The molecule has 35 heavy (non-hydrogen) atoms. The van der Waals surface area contributed by atoms with Crippen LogP contribution in [0.3, 0.4) is 0 Å². The molecule has 4 rings (SSSR count). The average molecular weight is 553 g/mol. The van der Waals surface area contributed by atoms with Crippen LogP contribution < -0.4 is 9.46 Å². The van der Waals surface area contributed by atoms with E-state index in [2.05, 4.69) is 14.9 Å². The Morgan fingerprint density at radius 2 is 1.80 bits per heavy atom. The summed E-state index contributed by atoms with van der Waals surface area (Å²) < 4.78 is 59.8. The first-order chi connectivity index (χ1) is 16.6. The van der Waals surface area contributed by atoms with E-state index in [1.165, 1.54) is 41.2 Å². The molecule has 1 N–H and O–H groups in total. The first-order valence-corrected chi connectivity index (χ1v) is 15.0. The molecule has 0 fully saturated rings. The third kappa shape index (κ3) is 5.84. The molecule has 0 saturated heterocycles. The number of thiophene rings is 1. The van der Waals surface area contributed by atoms with E-state index < -0.39 is 19.9 Å². The summed E-state index contributed by atoms with van der Waals surface area (Å²) in [5, 5.41) is 10.7. The molecule has 184 valence electrons. The van der Waals surface area contributed by atoms with Crippen molar-refractivity contribution in [2.45, 2.75) is 11.3 Å². The molecular weight excluding hydrogens is 532 g/mol. The Kier molecular flexibility index (Phi) is 7.17. The molecule has 2 aromatic carbocycles. The van der Waals surface area contributed by atoms with Crippen LogP contribution in [0.2, 0.25) is 5.02 Å². The molecule has 0 spiro atoms. The molecule has 2 heterocycles. The zero-order valence-corrected chi connectivity index (χ0v) is 21.9. The zero-order valence-electron chi connectivity index (χ0n) is 18.7. The van der Waals surface area contributed by atoms with Crippen LogP contribution in [0.5, 0.6) is 5.75 Å². The van der Waals surface area contributed by atoms with E-state index in [9.17, 15) is 16.8 Å². The van der Waals surface area contributed by atoms with E-state index in [4.69, 9.17) is 16.3 Å². The van der Waals surface area contributed by atoms with Gasteiger partial charge in [-0.05, 0) is 53.8 Å². The molecule has 0 aliphatic rings. The van der Waals surface area contributed by atoms with Crippen LogP contribution in [-0.2, 0) is 26.3 Å². The molecule has 13 heteroatoms. The van der Waals surface area contributed by atoms with Crippen molar-refractivity contribution < 1.29 is 21.6 Å². The summed E-state index contributed by atoms with van der Waals surface area (Å²) in [6.45, 7) is 0. The van der Waals surface area contributed by atoms with E-state index in [0.717, 1.165) is 11.8 Å². The molecule has 9 nitrogen and oxygen atoms in total. The highest BCUT2D eigenvalue weighted by Gasteiger charge is 2.24. The SMILES string of the molecule is COc1ccc(S(C)(=O)=O)cc1-n1c(NS(=O)(=O)CCc2ccc(Cl)cc2)nnc1-c1cccs1. The first-order valence-electron chi connectivity index (χ1n) is 10.2. The lowest BCUT2D eigenvalue weighted by molar-refractivity contribution is 0.412. The standard InChI is InChI=1S/C22H21ClN4O5S3/c1-32-19-10-9-17(34(2,28)29)14-18(19)27-21(20-4-3-12-33-20)24-25-22(27)26-35(30,31)13-11-15-5-7-16(23)8-6-15/h3-10,12,14H,11,13H2,1-2H3,(H,25,26). The Balaban J connectivity index is 1.77. The van der Waals surface area contributed by atoms with E-state index in [1.54, 1.807) is 30.3 Å². The number of benzene rings is 2. The highest BCUT2D eigenvalue weighted by atomic mass is 35.5. The number of nitrogens with one attached hydrogen (secondary N) is 1. The van der Waals surface area contributed by atoms with Crippen molar-refractivity contribution in [3.8, 4) is 22.1 Å². The Bertz CT molecular complexity index is 1550. The second-order valence-electron chi connectivity index (χ2n) is 7.56. The summed E-state index contributed by atoms with van der Waals surface area (Å²) in [6, 6.07) is 14.9. The number of halogens is 1. The molecule has 0 radical (unpaired) electrons. The van der Waals surface area contributed by atoms with Gasteiger partial charge in [0, 0.05) is 11.3 Å². The third-order valence-electron chi connectivity index (χ3n) is 5.04. The van der Waals surface area contributed by atoms with E-state index in [0.29, 0.717) is 21.5 Å². The van der Waals surface area contributed by atoms with Gasteiger partial charge in [-0.3, -0.25) is 9.29 Å². The lowest BCUT2D eigenvalue weighted by Crippen LogP contribution is -2.21. The maximum absolute atomic E-state index is 13.0. The van der Waals surface area contributed by atoms with Crippen LogP contribution in [0.4, 0.5) is 5.95 Å². The number of sulfone groups is 1. The fraction of sp³-hybridized carbons (Fsp3) is 0.182. The lowest BCUT2D eigenvalue weighted by atomic mass is 10.2. The van der Waals surface area contributed by atoms with Gasteiger partial charge in [-0.2, -0.15) is 0 Å². The normalized spacial score (nSPS) is 12.0. The maximum atomic E-state index is 13.0. The van der Waals surface area contributed by atoms with Gasteiger partial charge in [0.2, 0.25) is 16.0 Å². The van der Waals surface area contributed by atoms with Crippen molar-refractivity contribution in [1.29, 1.82) is 0 Å². The second kappa shape index (κ2) is 9.97. The van der Waals surface area contributed by atoms with Gasteiger partial charge in [0.15, 0.2) is 15.7 Å². The number of rotatable bonds is 9. The van der Waals surface area contributed by atoms with E-state index >= 15 is 0 Å². The summed E-state index contributed by atoms with van der Waals surface area (Å²) >= 11 is 7.28. The Morgan fingerprint density at radius 3 is 2.43 bits per heavy atom. The molecule has 0 aliphatic heterocycles. The topological polar surface area (TPSA) is 120 Å². The minimum absolute atomic E-state index is 0.0377. The Morgan fingerprint density at radius 1 is 1.06 bits per heavy atom. The molecule has 0 aliphatic carbocycles. The molecule has 0 unspecified atom stereocenters. The van der Waals surface area contributed by atoms with Crippen molar-refractivity contribution in [1.82, 2.24) is 14.8 Å². The average Bonchev–Trinajstić information content (AvgIpc) is 3.47. The number of sulfonamides is 1. The molecule has 0 saturated carbocycles. The van der Waals surface area contributed by atoms with Crippen molar-refractivity contribution in [3.63, 3.8) is 0 Å². The predicted octanol–water partition coefficient (Wildman–Crippen LogP) is 4.05. The fourth-order valence-electron chi connectivity index (χ4n) is 3.31. The monoisotopic (exact) mass is 552 g/mol. The Labute approximate surface area is 212 Å². The largest absolute Gasteiger partial charge is 0.495 e. The minimum atomic E-state index is -3.85. The van der Waals surface area contributed by atoms with E-state index in [1.807, 2.05) is 11.4 Å². The Hall–Kier alpha value is -2.93. The van der Waals surface area contributed by atoms with Gasteiger partial charge < -0.3 is 4.74 Å². The number of nitrogens with zero attached hydrogens (tertiary/aromatic N) is 3. The van der Waals surface area contributed by atoms with Crippen molar-refractivity contribution in [2.75, 3.05) is 23.8 Å². The first kappa shape index (κ1) is 25.2. The van der Waals surface area contributed by atoms with Crippen LogP contribution >= 0.6 is 22.9 Å². The molecular formula is C22H21ClN4O5S3. The van der Waals surface area contributed by atoms with Gasteiger partial charge in [0.05, 0.1) is 28.3 Å². The van der Waals surface area contributed by atoms with Crippen LogP contribution in [0, 0.1) is 0 Å². The van der Waals surface area contributed by atoms with Crippen LogP contribution in [0.15, 0.2) is 64.9 Å². The van der Waals surface area contributed by atoms with Gasteiger partial charge in [0.1, 0.15) is 5.75 Å². The lowest BCUT2D eigenvalue weighted by Gasteiger charge is -2.15. The quantitative estimate of drug-likeness (QED) is 0.332. The summed E-state index contributed by atoms with van der Waals surface area (Å²) in [6.07, 6.45) is 1.34. The van der Waals surface area contributed by atoms with Crippen LogP contribution in [0.25, 0.3) is 16.4 Å². The summed E-state index contributed by atoms with van der Waals surface area (Å²) in [4.78, 5) is 0.742. The van der Waals surface area contributed by atoms with E-state index in [-0.39, 0.29) is 28.7 Å². The smallest absolute Gasteiger partial charge is 0.243 e. The van der Waals surface area contributed by atoms with Crippen molar-refractivity contribution in [2.24, 2.45) is 0 Å². The highest BCUT2D eigenvalue weighted by molar-refractivity contribution is 7.92. The number of aryl methyl sites for hydroxylation is 1. The summed E-state index contributed by atoms with van der Waals surface area (Å²) in [7, 11) is -5.97. The maximum Gasteiger partial charge on any atom is 0.243 e. The number of anilines is 1. The predicted molar refractivity (Wildman–Crippen MR) is 137 cm³/mol. The number of ether oxygens (including phenoxy) is 1. The van der Waals surface area contributed by atoms with Gasteiger partial charge >= 0.3 is 0 Å². The van der Waals surface area contributed by atoms with Crippen molar-refractivity contribution >= 4 is 48.7 Å². The third-order valence-corrected chi connectivity index (χ3v) is 8.51. The minimum Gasteiger partial charge on any atom is -0.495 e. The molecule has 0 bridgehead atoms. The van der Waals surface area contributed by atoms with Crippen LogP contribution in [0.1, 0.15) is 5.56 Å². The van der Waals surface area contributed by atoms with Crippen LogP contribution in [-0.4, -0.2) is 50.7 Å². The number of methoxy groups -OCH3 is 1. The zero-order chi connectivity index (χ0) is 25.2. The number of aromatic nitrogens is 3. The molecule has 4 aromatic rings. The highest BCUT2D eigenvalue weighted by Crippen LogP contribution is 2.34. The van der Waals surface area contributed by atoms with Gasteiger partial charge in [-0.1, -0.05) is 29.8 Å². The number of hydrogen-bond acceptors (Lipinski definition) is 8. The fourth-order valence-corrected chi connectivity index (χ4v) is 5.79. The van der Waals surface area contributed by atoms with Crippen molar-refractivity contribution in [3.05, 3.63) is 70.6 Å². The van der Waals surface area contributed by atoms with Gasteiger partial charge in [-0.15, -0.1) is 21.5 Å². The number of hydrogen-bond donors (Lipinski definition) is 1. The van der Waals surface area contributed by atoms with Gasteiger partial charge in [-0.25, -0.2) is 16.8 Å². The molecule has 0 atom stereocenters. The summed E-state index contributed by atoms with van der Waals surface area (Å²) in [5.41, 5.74) is 1.09. The molecule has 2 aromatic heterocycles. The molecule has 0 amide bonds. The second-order valence-corrected chi connectivity index (χ2v) is 12.8. The van der Waals surface area contributed by atoms with Gasteiger partial charge in [0.25, 0.3) is 0 Å².